The monoisotopic (exact) mass is 237 g/mol. The predicted molar refractivity (Wildman–Crippen MR) is 63.9 cm³/mol. The molecule has 4 heteroatoms. The summed E-state index contributed by atoms with van der Waals surface area (Å²) >= 11 is 0. The van der Waals surface area contributed by atoms with Crippen LogP contribution >= 0.6 is 0 Å². The van der Waals surface area contributed by atoms with Gasteiger partial charge in [0, 0.05) is 12.6 Å². The van der Waals surface area contributed by atoms with Gasteiger partial charge in [0.25, 0.3) is 0 Å². The molecule has 17 heavy (non-hydrogen) atoms. The second-order valence-electron chi connectivity index (χ2n) is 4.78. The Morgan fingerprint density at radius 2 is 2.18 bits per heavy atom. The Morgan fingerprint density at radius 3 is 2.71 bits per heavy atom. The Bertz CT molecular complexity index is 447. The molecule has 0 bridgehead atoms. The van der Waals surface area contributed by atoms with Crippen molar-refractivity contribution in [2.45, 2.75) is 26.3 Å². The largest absolute Gasteiger partial charge is 0.478 e. The smallest absolute Gasteiger partial charge is 0.337 e. The Morgan fingerprint density at radius 1 is 1.47 bits per heavy atom. The summed E-state index contributed by atoms with van der Waals surface area (Å²) in [5, 5.41) is 9.11. The number of benzene rings is 1. The summed E-state index contributed by atoms with van der Waals surface area (Å²) in [5.74, 6) is -1.07. The van der Waals surface area contributed by atoms with E-state index in [4.69, 9.17) is 5.11 Å². The number of hydrogen-bond donors (Lipinski definition) is 1. The van der Waals surface area contributed by atoms with Crippen LogP contribution in [0.5, 0.6) is 0 Å². The van der Waals surface area contributed by atoms with E-state index >= 15 is 0 Å². The molecule has 1 N–H and O–H groups in total. The van der Waals surface area contributed by atoms with Gasteiger partial charge in [-0.25, -0.2) is 9.18 Å². The summed E-state index contributed by atoms with van der Waals surface area (Å²) < 4.78 is 13.9. The van der Waals surface area contributed by atoms with Crippen LogP contribution in [-0.2, 0) is 0 Å². The summed E-state index contributed by atoms with van der Waals surface area (Å²) in [4.78, 5) is 13.0. The molecular weight excluding hydrogens is 221 g/mol. The van der Waals surface area contributed by atoms with Crippen LogP contribution in [0.25, 0.3) is 0 Å². The highest BCUT2D eigenvalue weighted by Gasteiger charge is 2.30. The van der Waals surface area contributed by atoms with E-state index in [0.717, 1.165) is 6.42 Å². The number of para-hydroxylation sites is 1. The molecule has 0 amide bonds. The first-order valence-corrected chi connectivity index (χ1v) is 5.79. The molecule has 2 atom stereocenters. The molecule has 2 rings (SSSR count). The van der Waals surface area contributed by atoms with Gasteiger partial charge in [0.1, 0.15) is 5.82 Å². The predicted octanol–water partition coefficient (Wildman–Crippen LogP) is 2.76. The van der Waals surface area contributed by atoms with Crippen molar-refractivity contribution in [3.63, 3.8) is 0 Å². The fourth-order valence-corrected chi connectivity index (χ4v) is 2.59. The molecule has 1 heterocycles. The molecule has 1 aliphatic heterocycles. The SMILES string of the molecule is CC1CC(C)N(c2c(F)cccc2C(=O)O)C1. The normalized spacial score (nSPS) is 24.1. The molecule has 0 aromatic heterocycles. The summed E-state index contributed by atoms with van der Waals surface area (Å²) in [6.07, 6.45) is 0.966. The van der Waals surface area contributed by atoms with Crippen molar-refractivity contribution >= 4 is 11.7 Å². The molecule has 0 radical (unpaired) electrons. The van der Waals surface area contributed by atoms with Crippen molar-refractivity contribution in [3.05, 3.63) is 29.6 Å². The maximum Gasteiger partial charge on any atom is 0.337 e. The van der Waals surface area contributed by atoms with E-state index in [1.165, 1.54) is 18.2 Å². The molecule has 1 aromatic carbocycles. The number of carboxylic acid groups (broad SMARTS) is 1. The standard InChI is InChI=1S/C13H16FNO2/c1-8-6-9(2)15(7-8)12-10(13(16)17)4-3-5-11(12)14/h3-5,8-9H,6-7H2,1-2H3,(H,16,17). The van der Waals surface area contributed by atoms with Crippen LogP contribution in [0.3, 0.4) is 0 Å². The zero-order valence-electron chi connectivity index (χ0n) is 9.98. The van der Waals surface area contributed by atoms with E-state index in [1.54, 1.807) is 0 Å². The van der Waals surface area contributed by atoms with Crippen molar-refractivity contribution in [1.29, 1.82) is 0 Å². The zero-order valence-corrected chi connectivity index (χ0v) is 9.98. The van der Waals surface area contributed by atoms with Gasteiger partial charge in [0.15, 0.2) is 0 Å². The zero-order chi connectivity index (χ0) is 12.6. The minimum absolute atomic E-state index is 0.0472. The lowest BCUT2D eigenvalue weighted by Crippen LogP contribution is -2.29. The summed E-state index contributed by atoms with van der Waals surface area (Å²) in [5.41, 5.74) is 0.280. The van der Waals surface area contributed by atoms with Gasteiger partial charge < -0.3 is 10.0 Å². The number of carboxylic acids is 1. The van der Waals surface area contributed by atoms with Gasteiger partial charge in [-0.1, -0.05) is 13.0 Å². The van der Waals surface area contributed by atoms with E-state index in [0.29, 0.717) is 12.5 Å². The minimum atomic E-state index is -1.08. The first kappa shape index (κ1) is 11.9. The minimum Gasteiger partial charge on any atom is -0.478 e. The van der Waals surface area contributed by atoms with E-state index in [2.05, 4.69) is 6.92 Å². The molecule has 1 saturated heterocycles. The van der Waals surface area contributed by atoms with Crippen molar-refractivity contribution in [1.82, 2.24) is 0 Å². The van der Waals surface area contributed by atoms with Gasteiger partial charge in [0.2, 0.25) is 0 Å². The van der Waals surface area contributed by atoms with Crippen molar-refractivity contribution in [3.8, 4) is 0 Å². The lowest BCUT2D eigenvalue weighted by Gasteiger charge is -2.25. The van der Waals surface area contributed by atoms with E-state index in [9.17, 15) is 9.18 Å². The van der Waals surface area contributed by atoms with Gasteiger partial charge in [-0.2, -0.15) is 0 Å². The van der Waals surface area contributed by atoms with Crippen LogP contribution in [0.15, 0.2) is 18.2 Å². The molecule has 92 valence electrons. The highest BCUT2D eigenvalue weighted by molar-refractivity contribution is 5.94. The Balaban J connectivity index is 2.47. The van der Waals surface area contributed by atoms with Gasteiger partial charge in [-0.15, -0.1) is 0 Å². The molecule has 2 unspecified atom stereocenters. The van der Waals surface area contributed by atoms with Gasteiger partial charge >= 0.3 is 5.97 Å². The molecule has 3 nitrogen and oxygen atoms in total. The number of rotatable bonds is 2. The van der Waals surface area contributed by atoms with Crippen LogP contribution in [0.1, 0.15) is 30.6 Å². The van der Waals surface area contributed by atoms with Crippen LogP contribution in [-0.4, -0.2) is 23.7 Å². The number of halogens is 1. The molecule has 0 aliphatic carbocycles. The number of carbonyl (C=O) groups is 1. The molecule has 1 aliphatic rings. The number of hydrogen-bond acceptors (Lipinski definition) is 2. The lowest BCUT2D eigenvalue weighted by molar-refractivity contribution is 0.0697. The van der Waals surface area contributed by atoms with E-state index in [1.807, 2.05) is 11.8 Å². The van der Waals surface area contributed by atoms with Crippen LogP contribution in [0, 0.1) is 11.7 Å². The molecular formula is C13H16FNO2. The van der Waals surface area contributed by atoms with Crippen molar-refractivity contribution < 1.29 is 14.3 Å². The third-order valence-electron chi connectivity index (χ3n) is 3.29. The van der Waals surface area contributed by atoms with Crippen LogP contribution in [0.2, 0.25) is 0 Å². The highest BCUT2D eigenvalue weighted by atomic mass is 19.1. The molecule has 0 spiro atoms. The second-order valence-corrected chi connectivity index (χ2v) is 4.78. The first-order chi connectivity index (χ1) is 8.00. The maximum absolute atomic E-state index is 13.9. The van der Waals surface area contributed by atoms with Gasteiger partial charge in [0.05, 0.1) is 11.3 Å². The average molecular weight is 237 g/mol. The molecule has 1 aromatic rings. The first-order valence-electron chi connectivity index (χ1n) is 5.79. The molecule has 1 fully saturated rings. The topological polar surface area (TPSA) is 40.5 Å². The number of anilines is 1. The van der Waals surface area contributed by atoms with Gasteiger partial charge in [-0.05, 0) is 31.4 Å². The van der Waals surface area contributed by atoms with Crippen molar-refractivity contribution in [2.75, 3.05) is 11.4 Å². The summed E-state index contributed by atoms with van der Waals surface area (Å²) in [7, 11) is 0. The summed E-state index contributed by atoms with van der Waals surface area (Å²) in [6.45, 7) is 4.81. The van der Waals surface area contributed by atoms with Crippen LogP contribution < -0.4 is 4.90 Å². The fraction of sp³-hybridized carbons (Fsp3) is 0.462. The Labute approximate surface area is 99.9 Å². The van der Waals surface area contributed by atoms with E-state index in [-0.39, 0.29) is 17.3 Å². The third kappa shape index (κ3) is 2.12. The fourth-order valence-electron chi connectivity index (χ4n) is 2.59. The second kappa shape index (κ2) is 4.35. The Hall–Kier alpha value is -1.58. The Kier molecular flexibility index (Phi) is 3.05. The van der Waals surface area contributed by atoms with Crippen molar-refractivity contribution in [2.24, 2.45) is 5.92 Å². The lowest BCUT2D eigenvalue weighted by atomic mass is 10.1. The molecule has 0 saturated carbocycles. The number of nitrogens with zero attached hydrogens (tertiary/aromatic N) is 1. The highest BCUT2D eigenvalue weighted by Crippen LogP contribution is 2.33. The number of aromatic carboxylic acids is 1. The van der Waals surface area contributed by atoms with E-state index < -0.39 is 11.8 Å². The maximum atomic E-state index is 13.9. The van der Waals surface area contributed by atoms with Gasteiger partial charge in [-0.3, -0.25) is 0 Å². The summed E-state index contributed by atoms with van der Waals surface area (Å²) in [6, 6.07) is 4.39. The van der Waals surface area contributed by atoms with Crippen LogP contribution in [0.4, 0.5) is 10.1 Å². The third-order valence-corrected chi connectivity index (χ3v) is 3.29. The average Bonchev–Trinajstić information content (AvgIpc) is 2.57. The quantitative estimate of drug-likeness (QED) is 0.859.